The van der Waals surface area contributed by atoms with Crippen LogP contribution in [0.3, 0.4) is 0 Å². The molecule has 2 aliphatic carbocycles. The Morgan fingerprint density at radius 1 is 1.50 bits per heavy atom. The van der Waals surface area contributed by atoms with Crippen molar-refractivity contribution in [3.8, 4) is 0 Å². The fraction of sp³-hybridized carbons (Fsp3) is 0.714. The Balaban J connectivity index is 1.82. The quantitative estimate of drug-likeness (QED) is 0.843. The number of H-pyrrole nitrogens is 1. The van der Waals surface area contributed by atoms with Gasteiger partial charge < -0.3 is 5.32 Å². The number of aromatic amines is 1. The summed E-state index contributed by atoms with van der Waals surface area (Å²) in [6, 6.07) is 0.270. The first kappa shape index (κ1) is 11.8. The van der Waals surface area contributed by atoms with Gasteiger partial charge in [0.15, 0.2) is 0 Å². The maximum absolute atomic E-state index is 12.2. The Morgan fingerprint density at radius 3 is 2.83 bits per heavy atom. The van der Waals surface area contributed by atoms with Crippen LogP contribution >= 0.6 is 0 Å². The summed E-state index contributed by atoms with van der Waals surface area (Å²) < 4.78 is 0. The minimum Gasteiger partial charge on any atom is -0.348 e. The van der Waals surface area contributed by atoms with Gasteiger partial charge in [-0.3, -0.25) is 9.89 Å². The summed E-state index contributed by atoms with van der Waals surface area (Å²) in [5, 5.41) is 9.77. The lowest BCUT2D eigenvalue weighted by Gasteiger charge is -2.43. The lowest BCUT2D eigenvalue weighted by molar-refractivity contribution is 0.0737. The molecule has 1 aromatic heterocycles. The molecule has 18 heavy (non-hydrogen) atoms. The van der Waals surface area contributed by atoms with Crippen LogP contribution in [0.5, 0.6) is 0 Å². The number of carbonyl (C=O) groups is 1. The number of hydrogen-bond acceptors (Lipinski definition) is 2. The zero-order valence-electron chi connectivity index (χ0n) is 11.3. The van der Waals surface area contributed by atoms with Crippen molar-refractivity contribution in [3.05, 3.63) is 18.0 Å². The van der Waals surface area contributed by atoms with Gasteiger partial charge in [0.25, 0.3) is 5.91 Å². The number of amides is 1. The normalized spacial score (nSPS) is 36.8. The molecule has 3 rings (SSSR count). The van der Waals surface area contributed by atoms with E-state index in [4.69, 9.17) is 0 Å². The monoisotopic (exact) mass is 247 g/mol. The van der Waals surface area contributed by atoms with Gasteiger partial charge in [0, 0.05) is 12.2 Å². The molecular formula is C14H21N3O. The summed E-state index contributed by atoms with van der Waals surface area (Å²) in [4.78, 5) is 12.2. The number of nitrogens with zero attached hydrogens (tertiary/aromatic N) is 1. The fourth-order valence-corrected chi connectivity index (χ4v) is 4.25. The van der Waals surface area contributed by atoms with Crippen LogP contribution in [0.25, 0.3) is 0 Å². The fourth-order valence-electron chi connectivity index (χ4n) is 4.25. The average Bonchev–Trinajstić information content (AvgIpc) is 2.96. The summed E-state index contributed by atoms with van der Waals surface area (Å²) in [5.41, 5.74) is 1.09. The largest absolute Gasteiger partial charge is 0.348 e. The lowest BCUT2D eigenvalue weighted by Crippen LogP contribution is -2.52. The highest BCUT2D eigenvalue weighted by Gasteiger charge is 2.59. The maximum Gasteiger partial charge on any atom is 0.254 e. The summed E-state index contributed by atoms with van der Waals surface area (Å²) in [6.45, 7) is 6.91. The molecule has 3 atom stereocenters. The zero-order valence-corrected chi connectivity index (χ0v) is 11.3. The van der Waals surface area contributed by atoms with Gasteiger partial charge in [-0.1, -0.05) is 20.8 Å². The summed E-state index contributed by atoms with van der Waals surface area (Å²) in [6.07, 6.45) is 7.02. The highest BCUT2D eigenvalue weighted by atomic mass is 16.1. The molecule has 3 unspecified atom stereocenters. The predicted octanol–water partition coefficient (Wildman–Crippen LogP) is 2.35. The van der Waals surface area contributed by atoms with Crippen LogP contribution < -0.4 is 5.32 Å². The van der Waals surface area contributed by atoms with Crippen LogP contribution in [0.2, 0.25) is 0 Å². The molecule has 4 heteroatoms. The molecule has 2 bridgehead atoms. The third-order valence-electron chi connectivity index (χ3n) is 5.31. The summed E-state index contributed by atoms with van der Waals surface area (Å²) in [7, 11) is 0. The van der Waals surface area contributed by atoms with Crippen LogP contribution in [0.4, 0.5) is 0 Å². The molecule has 1 aromatic rings. The minimum atomic E-state index is -0.00407. The van der Waals surface area contributed by atoms with Crippen molar-refractivity contribution in [1.82, 2.24) is 15.5 Å². The molecular weight excluding hydrogens is 226 g/mol. The molecule has 1 heterocycles. The van der Waals surface area contributed by atoms with E-state index in [2.05, 4.69) is 36.3 Å². The van der Waals surface area contributed by atoms with E-state index in [1.54, 1.807) is 12.4 Å². The SMILES string of the molecule is CC12CCC(C1)C(C)(C)C2NC(=O)c1cn[nH]c1. The Kier molecular flexibility index (Phi) is 2.34. The van der Waals surface area contributed by atoms with Crippen molar-refractivity contribution in [2.45, 2.75) is 46.1 Å². The molecule has 0 aromatic carbocycles. The number of aromatic nitrogens is 2. The number of rotatable bonds is 2. The van der Waals surface area contributed by atoms with Crippen molar-refractivity contribution in [1.29, 1.82) is 0 Å². The van der Waals surface area contributed by atoms with E-state index < -0.39 is 0 Å². The Labute approximate surface area is 108 Å². The van der Waals surface area contributed by atoms with Crippen molar-refractivity contribution < 1.29 is 4.79 Å². The minimum absolute atomic E-state index is 0.00407. The van der Waals surface area contributed by atoms with Gasteiger partial charge in [0.05, 0.1) is 11.8 Å². The molecule has 98 valence electrons. The first-order valence-corrected chi connectivity index (χ1v) is 6.73. The Bertz CT molecular complexity index is 461. The van der Waals surface area contributed by atoms with Crippen LogP contribution in [0, 0.1) is 16.7 Å². The van der Waals surface area contributed by atoms with Crippen LogP contribution in [-0.4, -0.2) is 22.1 Å². The van der Waals surface area contributed by atoms with Gasteiger partial charge in [0.2, 0.25) is 0 Å². The van der Waals surface area contributed by atoms with E-state index in [-0.39, 0.29) is 22.8 Å². The molecule has 1 amide bonds. The molecule has 2 N–H and O–H groups in total. The van der Waals surface area contributed by atoms with Crippen LogP contribution in [-0.2, 0) is 0 Å². The van der Waals surface area contributed by atoms with E-state index in [0.717, 1.165) is 5.92 Å². The number of hydrogen-bond donors (Lipinski definition) is 2. The van der Waals surface area contributed by atoms with E-state index in [0.29, 0.717) is 5.56 Å². The Hall–Kier alpha value is -1.32. The predicted molar refractivity (Wildman–Crippen MR) is 69.1 cm³/mol. The summed E-state index contributed by atoms with van der Waals surface area (Å²) >= 11 is 0. The van der Waals surface area contributed by atoms with Gasteiger partial charge >= 0.3 is 0 Å². The van der Waals surface area contributed by atoms with Crippen molar-refractivity contribution in [3.63, 3.8) is 0 Å². The Morgan fingerprint density at radius 2 is 2.28 bits per heavy atom. The van der Waals surface area contributed by atoms with E-state index in [1.807, 2.05) is 0 Å². The molecule has 0 radical (unpaired) electrons. The van der Waals surface area contributed by atoms with Crippen LogP contribution in [0.15, 0.2) is 12.4 Å². The van der Waals surface area contributed by atoms with Crippen LogP contribution in [0.1, 0.15) is 50.4 Å². The van der Waals surface area contributed by atoms with E-state index in [9.17, 15) is 4.79 Å². The highest BCUT2D eigenvalue weighted by molar-refractivity contribution is 5.94. The molecule has 2 fully saturated rings. The molecule has 2 saturated carbocycles. The van der Waals surface area contributed by atoms with Gasteiger partial charge in [-0.15, -0.1) is 0 Å². The maximum atomic E-state index is 12.2. The highest BCUT2D eigenvalue weighted by Crippen LogP contribution is 2.62. The van der Waals surface area contributed by atoms with Gasteiger partial charge in [-0.25, -0.2) is 0 Å². The third kappa shape index (κ3) is 1.51. The second-order valence-corrected chi connectivity index (χ2v) is 6.81. The number of fused-ring (bicyclic) bond motifs is 2. The molecule has 2 aliphatic rings. The second kappa shape index (κ2) is 3.59. The van der Waals surface area contributed by atoms with E-state index in [1.165, 1.54) is 19.3 Å². The zero-order chi connectivity index (χ0) is 13.0. The van der Waals surface area contributed by atoms with Crippen molar-refractivity contribution in [2.75, 3.05) is 0 Å². The molecule has 0 spiro atoms. The summed E-state index contributed by atoms with van der Waals surface area (Å²) in [5.74, 6) is 0.743. The lowest BCUT2D eigenvalue weighted by atomic mass is 9.68. The average molecular weight is 247 g/mol. The van der Waals surface area contributed by atoms with Crippen molar-refractivity contribution >= 4 is 5.91 Å². The van der Waals surface area contributed by atoms with Gasteiger partial charge in [0.1, 0.15) is 0 Å². The van der Waals surface area contributed by atoms with Crippen molar-refractivity contribution in [2.24, 2.45) is 16.7 Å². The topological polar surface area (TPSA) is 57.8 Å². The molecule has 0 aliphatic heterocycles. The standard InChI is InChI=1S/C14H21N3O/c1-13(2)10-4-5-14(3,6-10)12(13)17-11(18)9-7-15-16-8-9/h7-8,10,12H,4-6H2,1-3H3,(H,15,16)(H,17,18). The third-order valence-corrected chi connectivity index (χ3v) is 5.31. The second-order valence-electron chi connectivity index (χ2n) is 6.81. The molecule has 4 nitrogen and oxygen atoms in total. The smallest absolute Gasteiger partial charge is 0.254 e. The van der Waals surface area contributed by atoms with Gasteiger partial charge in [-0.05, 0) is 36.0 Å². The number of nitrogens with one attached hydrogen (secondary N) is 2. The number of carbonyl (C=O) groups excluding carboxylic acids is 1. The van der Waals surface area contributed by atoms with E-state index >= 15 is 0 Å². The van der Waals surface area contributed by atoms with Gasteiger partial charge in [-0.2, -0.15) is 5.10 Å². The first-order chi connectivity index (χ1) is 8.43. The molecule has 0 saturated heterocycles. The first-order valence-electron chi connectivity index (χ1n) is 6.73.